The van der Waals surface area contributed by atoms with Gasteiger partial charge in [-0.2, -0.15) is 13.2 Å². The number of piperazine rings is 1. The molecule has 0 aromatic heterocycles. The van der Waals surface area contributed by atoms with Crippen LogP contribution < -0.4 is 4.90 Å². The second-order valence-corrected chi connectivity index (χ2v) is 5.06. The first-order valence-corrected chi connectivity index (χ1v) is 6.85. The summed E-state index contributed by atoms with van der Waals surface area (Å²) in [5.41, 5.74) is -0.733. The quantitative estimate of drug-likeness (QED) is 0.625. The second-order valence-electron chi connectivity index (χ2n) is 4.68. The van der Waals surface area contributed by atoms with Crippen molar-refractivity contribution in [1.82, 2.24) is 4.90 Å². The number of rotatable bonds is 3. The number of hydrogen-bond donors (Lipinski definition) is 0. The van der Waals surface area contributed by atoms with Gasteiger partial charge in [0.05, 0.1) is 11.3 Å². The number of benzene rings is 1. The lowest BCUT2D eigenvalue weighted by Crippen LogP contribution is -2.47. The molecule has 0 amide bonds. The SMILES string of the molecule is Fc1cc(C(F)(F)F)ccc1N1CCN(CCCl)CC1. The third-order valence-electron chi connectivity index (χ3n) is 3.39. The number of nitrogens with zero attached hydrogens (tertiary/aromatic N) is 2. The molecule has 0 aliphatic carbocycles. The van der Waals surface area contributed by atoms with Gasteiger partial charge in [-0.3, -0.25) is 4.90 Å². The van der Waals surface area contributed by atoms with Crippen LogP contribution in [0.4, 0.5) is 23.2 Å². The largest absolute Gasteiger partial charge is 0.416 e. The molecule has 1 aromatic carbocycles. The van der Waals surface area contributed by atoms with E-state index in [1.54, 1.807) is 4.90 Å². The molecule has 0 radical (unpaired) electrons. The van der Waals surface area contributed by atoms with Gasteiger partial charge in [0.1, 0.15) is 5.82 Å². The number of halogens is 5. The molecule has 1 aromatic rings. The highest BCUT2D eigenvalue weighted by Gasteiger charge is 2.31. The molecule has 112 valence electrons. The van der Waals surface area contributed by atoms with Crippen LogP contribution in [0.2, 0.25) is 0 Å². The molecule has 0 atom stereocenters. The highest BCUT2D eigenvalue weighted by molar-refractivity contribution is 6.18. The second kappa shape index (κ2) is 6.18. The summed E-state index contributed by atoms with van der Waals surface area (Å²) < 4.78 is 51.3. The van der Waals surface area contributed by atoms with Crippen LogP contribution in [0.15, 0.2) is 18.2 Å². The molecule has 0 N–H and O–H groups in total. The Hall–Kier alpha value is -1.01. The van der Waals surface area contributed by atoms with Gasteiger partial charge in [-0.15, -0.1) is 11.6 Å². The minimum Gasteiger partial charge on any atom is -0.367 e. The Balaban J connectivity index is 2.07. The van der Waals surface area contributed by atoms with Crippen molar-refractivity contribution in [3.8, 4) is 0 Å². The maximum Gasteiger partial charge on any atom is 0.416 e. The molecule has 7 heteroatoms. The van der Waals surface area contributed by atoms with Gasteiger partial charge >= 0.3 is 6.18 Å². The Morgan fingerprint density at radius 1 is 1.10 bits per heavy atom. The van der Waals surface area contributed by atoms with Gasteiger partial charge in [-0.25, -0.2) is 4.39 Å². The monoisotopic (exact) mass is 310 g/mol. The predicted molar refractivity (Wildman–Crippen MR) is 70.8 cm³/mol. The summed E-state index contributed by atoms with van der Waals surface area (Å²) >= 11 is 5.65. The van der Waals surface area contributed by atoms with Crippen molar-refractivity contribution < 1.29 is 17.6 Å². The van der Waals surface area contributed by atoms with Crippen LogP contribution in [0.25, 0.3) is 0 Å². The van der Waals surface area contributed by atoms with Crippen molar-refractivity contribution in [2.24, 2.45) is 0 Å². The first kappa shape index (κ1) is 15.4. The van der Waals surface area contributed by atoms with Crippen LogP contribution in [0.3, 0.4) is 0 Å². The summed E-state index contributed by atoms with van der Waals surface area (Å²) in [6, 6.07) is 2.68. The molecule has 1 saturated heterocycles. The molecule has 0 bridgehead atoms. The van der Waals surface area contributed by atoms with Crippen molar-refractivity contribution in [2.45, 2.75) is 6.18 Å². The van der Waals surface area contributed by atoms with E-state index in [0.717, 1.165) is 25.7 Å². The molecule has 2 rings (SSSR count). The smallest absolute Gasteiger partial charge is 0.367 e. The molecule has 1 aliphatic rings. The topological polar surface area (TPSA) is 6.48 Å². The summed E-state index contributed by atoms with van der Waals surface area (Å²) in [5, 5.41) is 0. The van der Waals surface area contributed by atoms with Crippen LogP contribution in [0.1, 0.15) is 5.56 Å². The van der Waals surface area contributed by atoms with Gasteiger partial charge in [-0.1, -0.05) is 0 Å². The van der Waals surface area contributed by atoms with Crippen molar-refractivity contribution in [3.05, 3.63) is 29.6 Å². The number of alkyl halides is 4. The summed E-state index contributed by atoms with van der Waals surface area (Å²) in [7, 11) is 0. The van der Waals surface area contributed by atoms with Gasteiger partial charge in [0.25, 0.3) is 0 Å². The Bertz CT molecular complexity index is 456. The first-order valence-electron chi connectivity index (χ1n) is 6.32. The summed E-state index contributed by atoms with van der Waals surface area (Å²) in [6.45, 7) is 3.39. The van der Waals surface area contributed by atoms with E-state index in [4.69, 9.17) is 11.6 Å². The van der Waals surface area contributed by atoms with Crippen LogP contribution in [-0.2, 0) is 6.18 Å². The molecular weight excluding hydrogens is 296 g/mol. The minimum absolute atomic E-state index is 0.225. The Labute approximate surface area is 119 Å². The highest BCUT2D eigenvalue weighted by atomic mass is 35.5. The van der Waals surface area contributed by atoms with Crippen LogP contribution in [0.5, 0.6) is 0 Å². The molecule has 0 saturated carbocycles. The van der Waals surface area contributed by atoms with E-state index in [2.05, 4.69) is 4.90 Å². The third-order valence-corrected chi connectivity index (χ3v) is 3.56. The molecule has 0 unspecified atom stereocenters. The zero-order valence-electron chi connectivity index (χ0n) is 10.8. The van der Waals surface area contributed by atoms with Crippen LogP contribution in [-0.4, -0.2) is 43.5 Å². The van der Waals surface area contributed by atoms with Gasteiger partial charge < -0.3 is 4.90 Å². The molecule has 1 aliphatic heterocycles. The molecule has 1 fully saturated rings. The van der Waals surface area contributed by atoms with Crippen molar-refractivity contribution in [3.63, 3.8) is 0 Å². The minimum atomic E-state index is -4.52. The van der Waals surface area contributed by atoms with E-state index in [-0.39, 0.29) is 5.69 Å². The molecule has 0 spiro atoms. The fraction of sp³-hybridized carbons (Fsp3) is 0.538. The maximum absolute atomic E-state index is 13.8. The zero-order valence-corrected chi connectivity index (χ0v) is 11.5. The van der Waals surface area contributed by atoms with E-state index in [1.807, 2.05) is 0 Å². The molecule has 2 nitrogen and oxygen atoms in total. The van der Waals surface area contributed by atoms with Crippen molar-refractivity contribution in [1.29, 1.82) is 0 Å². The lowest BCUT2D eigenvalue weighted by molar-refractivity contribution is -0.137. The Kier molecular flexibility index (Phi) is 4.75. The standard InChI is InChI=1S/C13H15ClF4N2/c14-3-4-19-5-7-20(8-6-19)12-2-1-10(9-11(12)15)13(16,17)18/h1-2,9H,3-8H2. The highest BCUT2D eigenvalue weighted by Crippen LogP contribution is 2.32. The number of anilines is 1. The lowest BCUT2D eigenvalue weighted by Gasteiger charge is -2.36. The van der Waals surface area contributed by atoms with Crippen molar-refractivity contribution >= 4 is 17.3 Å². The van der Waals surface area contributed by atoms with E-state index >= 15 is 0 Å². The Morgan fingerprint density at radius 2 is 1.75 bits per heavy atom. The van der Waals surface area contributed by atoms with Crippen LogP contribution >= 0.6 is 11.6 Å². The van der Waals surface area contributed by atoms with E-state index < -0.39 is 17.6 Å². The summed E-state index contributed by atoms with van der Waals surface area (Å²) in [4.78, 5) is 3.91. The lowest BCUT2D eigenvalue weighted by atomic mass is 10.1. The Morgan fingerprint density at radius 3 is 2.25 bits per heavy atom. The average molecular weight is 311 g/mol. The molecule has 1 heterocycles. The zero-order chi connectivity index (χ0) is 14.8. The van der Waals surface area contributed by atoms with Crippen molar-refractivity contribution in [2.75, 3.05) is 43.5 Å². The first-order chi connectivity index (χ1) is 9.41. The van der Waals surface area contributed by atoms with Crippen LogP contribution in [0, 0.1) is 5.82 Å². The molecular formula is C13H15ClF4N2. The van der Waals surface area contributed by atoms with Gasteiger partial charge in [-0.05, 0) is 18.2 Å². The maximum atomic E-state index is 13.8. The fourth-order valence-electron chi connectivity index (χ4n) is 2.27. The predicted octanol–water partition coefficient (Wildman–Crippen LogP) is 3.21. The molecule has 20 heavy (non-hydrogen) atoms. The van der Waals surface area contributed by atoms with Gasteiger partial charge in [0.2, 0.25) is 0 Å². The number of hydrogen-bond acceptors (Lipinski definition) is 2. The normalized spacial score (nSPS) is 17.6. The third kappa shape index (κ3) is 3.55. The van der Waals surface area contributed by atoms with E-state index in [9.17, 15) is 17.6 Å². The average Bonchev–Trinajstić information content (AvgIpc) is 2.39. The van der Waals surface area contributed by atoms with Gasteiger partial charge in [0.15, 0.2) is 0 Å². The van der Waals surface area contributed by atoms with E-state index in [0.29, 0.717) is 25.0 Å². The van der Waals surface area contributed by atoms with Gasteiger partial charge in [0, 0.05) is 38.6 Å². The fourth-order valence-corrected chi connectivity index (χ4v) is 2.51. The van der Waals surface area contributed by atoms with E-state index in [1.165, 1.54) is 6.07 Å². The summed E-state index contributed by atoms with van der Waals surface area (Å²) in [6.07, 6.45) is -4.52. The summed E-state index contributed by atoms with van der Waals surface area (Å²) in [5.74, 6) is -0.292.